The Bertz CT molecular complexity index is 644. The maximum atomic E-state index is 12.3. The molecule has 1 aromatic rings. The van der Waals surface area contributed by atoms with E-state index in [0.29, 0.717) is 19.7 Å². The average Bonchev–Trinajstić information content (AvgIpc) is 2.59. The SMILES string of the molecule is CC(C1CN(c2ccc([N+](=O)[O-])nc2)CCO1)N(C)C(=O)OC(C)(C)C. The maximum Gasteiger partial charge on any atom is 0.410 e. The van der Waals surface area contributed by atoms with Gasteiger partial charge in [0.1, 0.15) is 5.60 Å². The first kappa shape index (κ1) is 19.9. The molecule has 2 atom stereocenters. The first-order valence-corrected chi connectivity index (χ1v) is 8.51. The molecule has 0 saturated carbocycles. The molecule has 1 aliphatic heterocycles. The van der Waals surface area contributed by atoms with E-state index in [-0.39, 0.29) is 18.0 Å². The lowest BCUT2D eigenvalue weighted by Crippen LogP contribution is -2.53. The van der Waals surface area contributed by atoms with Crippen LogP contribution in [0.5, 0.6) is 0 Å². The van der Waals surface area contributed by atoms with Crippen LogP contribution >= 0.6 is 0 Å². The molecular formula is C17H26N4O5. The first-order valence-electron chi connectivity index (χ1n) is 8.51. The molecule has 0 bridgehead atoms. The predicted molar refractivity (Wildman–Crippen MR) is 96.3 cm³/mol. The molecule has 0 N–H and O–H groups in total. The van der Waals surface area contributed by atoms with Gasteiger partial charge in [-0.1, -0.05) is 0 Å². The van der Waals surface area contributed by atoms with Crippen molar-refractivity contribution < 1.29 is 19.2 Å². The number of morpholine rings is 1. The van der Waals surface area contributed by atoms with E-state index in [1.165, 1.54) is 17.2 Å². The van der Waals surface area contributed by atoms with Gasteiger partial charge in [0.25, 0.3) is 0 Å². The van der Waals surface area contributed by atoms with E-state index < -0.39 is 16.6 Å². The van der Waals surface area contributed by atoms with E-state index in [4.69, 9.17) is 9.47 Å². The number of amides is 1. The summed E-state index contributed by atoms with van der Waals surface area (Å²) < 4.78 is 11.2. The number of likely N-dealkylation sites (N-methyl/N-ethyl adjacent to an activating group) is 1. The van der Waals surface area contributed by atoms with Crippen LogP contribution in [0.2, 0.25) is 0 Å². The summed E-state index contributed by atoms with van der Waals surface area (Å²) >= 11 is 0. The average molecular weight is 366 g/mol. The fraction of sp³-hybridized carbons (Fsp3) is 0.647. The zero-order valence-corrected chi connectivity index (χ0v) is 15.8. The van der Waals surface area contributed by atoms with Gasteiger partial charge in [-0.25, -0.2) is 4.79 Å². The van der Waals surface area contributed by atoms with Gasteiger partial charge in [-0.05, 0) is 43.7 Å². The van der Waals surface area contributed by atoms with Crippen LogP contribution in [0.4, 0.5) is 16.3 Å². The largest absolute Gasteiger partial charge is 0.444 e. The van der Waals surface area contributed by atoms with Crippen molar-refractivity contribution in [2.45, 2.75) is 45.4 Å². The van der Waals surface area contributed by atoms with Crippen molar-refractivity contribution in [1.29, 1.82) is 0 Å². The lowest BCUT2D eigenvalue weighted by molar-refractivity contribution is -0.389. The molecule has 9 heteroatoms. The Kier molecular flexibility index (Phi) is 6.01. The van der Waals surface area contributed by atoms with Crippen LogP contribution in [-0.2, 0) is 9.47 Å². The van der Waals surface area contributed by atoms with Crippen LogP contribution in [0.1, 0.15) is 27.7 Å². The molecule has 2 heterocycles. The summed E-state index contributed by atoms with van der Waals surface area (Å²) in [5.74, 6) is -0.184. The van der Waals surface area contributed by atoms with E-state index in [0.717, 1.165) is 5.69 Å². The van der Waals surface area contributed by atoms with Gasteiger partial charge in [0.05, 0.1) is 24.4 Å². The number of aromatic nitrogens is 1. The second kappa shape index (κ2) is 7.86. The summed E-state index contributed by atoms with van der Waals surface area (Å²) in [5.41, 5.74) is 0.227. The summed E-state index contributed by atoms with van der Waals surface area (Å²) in [6.07, 6.45) is 0.877. The predicted octanol–water partition coefficient (Wildman–Crippen LogP) is 2.45. The molecule has 1 aliphatic rings. The number of nitrogens with zero attached hydrogens (tertiary/aromatic N) is 4. The number of pyridine rings is 1. The molecule has 26 heavy (non-hydrogen) atoms. The number of nitro groups is 1. The van der Waals surface area contributed by atoms with Gasteiger partial charge in [-0.2, -0.15) is 0 Å². The minimum Gasteiger partial charge on any atom is -0.444 e. The van der Waals surface area contributed by atoms with E-state index >= 15 is 0 Å². The minimum absolute atomic E-state index is 0.184. The number of rotatable bonds is 4. The summed E-state index contributed by atoms with van der Waals surface area (Å²) in [6.45, 7) is 9.07. The highest BCUT2D eigenvalue weighted by Gasteiger charge is 2.32. The molecule has 1 fully saturated rings. The van der Waals surface area contributed by atoms with Gasteiger partial charge in [0, 0.05) is 26.2 Å². The highest BCUT2D eigenvalue weighted by atomic mass is 16.6. The Labute approximate surface area is 153 Å². The highest BCUT2D eigenvalue weighted by molar-refractivity contribution is 5.68. The van der Waals surface area contributed by atoms with Gasteiger partial charge in [-0.15, -0.1) is 0 Å². The molecule has 0 aromatic carbocycles. The van der Waals surface area contributed by atoms with Crippen LogP contribution < -0.4 is 4.90 Å². The number of hydrogen-bond donors (Lipinski definition) is 0. The lowest BCUT2D eigenvalue weighted by Gasteiger charge is -2.39. The molecule has 2 unspecified atom stereocenters. The third-order valence-corrected chi connectivity index (χ3v) is 4.21. The Balaban J connectivity index is 2.02. The van der Waals surface area contributed by atoms with Crippen molar-refractivity contribution in [2.75, 3.05) is 31.6 Å². The molecular weight excluding hydrogens is 340 g/mol. The Morgan fingerprint density at radius 1 is 1.50 bits per heavy atom. The fourth-order valence-corrected chi connectivity index (χ4v) is 2.62. The van der Waals surface area contributed by atoms with Crippen molar-refractivity contribution in [3.05, 3.63) is 28.4 Å². The molecule has 144 valence electrons. The van der Waals surface area contributed by atoms with E-state index in [2.05, 4.69) is 4.98 Å². The third kappa shape index (κ3) is 5.04. The van der Waals surface area contributed by atoms with E-state index in [9.17, 15) is 14.9 Å². The van der Waals surface area contributed by atoms with Crippen LogP contribution in [0.15, 0.2) is 18.3 Å². The van der Waals surface area contributed by atoms with Crippen molar-refractivity contribution in [2.24, 2.45) is 0 Å². The van der Waals surface area contributed by atoms with Crippen molar-refractivity contribution in [3.8, 4) is 0 Å². The Hall–Kier alpha value is -2.42. The highest BCUT2D eigenvalue weighted by Crippen LogP contribution is 2.22. The second-order valence-electron chi connectivity index (χ2n) is 7.32. The van der Waals surface area contributed by atoms with Gasteiger partial charge < -0.3 is 29.4 Å². The molecule has 1 amide bonds. The van der Waals surface area contributed by atoms with Gasteiger partial charge in [0.15, 0.2) is 6.20 Å². The van der Waals surface area contributed by atoms with Crippen LogP contribution in [-0.4, -0.2) is 65.4 Å². The minimum atomic E-state index is -0.561. The van der Waals surface area contributed by atoms with Crippen molar-refractivity contribution >= 4 is 17.6 Å². The standard InChI is InChI=1S/C17H26N4O5/c1-12(19(5)16(22)26-17(2,3)4)14-11-20(8-9-25-14)13-6-7-15(18-10-13)21(23)24/h6-7,10,12,14H,8-9,11H2,1-5H3. The molecule has 0 radical (unpaired) electrons. The summed E-state index contributed by atoms with van der Waals surface area (Å²) in [5, 5.41) is 10.7. The zero-order valence-electron chi connectivity index (χ0n) is 15.8. The van der Waals surface area contributed by atoms with Gasteiger partial charge in [0.2, 0.25) is 0 Å². The van der Waals surface area contributed by atoms with Gasteiger partial charge in [-0.3, -0.25) is 0 Å². The number of ether oxygens (including phenoxy) is 2. The van der Waals surface area contributed by atoms with Crippen LogP contribution in [0.3, 0.4) is 0 Å². The summed E-state index contributed by atoms with van der Waals surface area (Å²) in [4.78, 5) is 29.9. The smallest absolute Gasteiger partial charge is 0.410 e. The normalized spacial score (nSPS) is 19.0. The van der Waals surface area contributed by atoms with Crippen LogP contribution in [0.25, 0.3) is 0 Å². The zero-order chi connectivity index (χ0) is 19.5. The summed E-state index contributed by atoms with van der Waals surface area (Å²) in [7, 11) is 1.69. The second-order valence-corrected chi connectivity index (χ2v) is 7.32. The summed E-state index contributed by atoms with van der Waals surface area (Å²) in [6, 6.07) is 2.87. The maximum absolute atomic E-state index is 12.3. The quantitative estimate of drug-likeness (QED) is 0.596. The molecule has 1 saturated heterocycles. The molecule has 0 spiro atoms. The Morgan fingerprint density at radius 3 is 2.73 bits per heavy atom. The Morgan fingerprint density at radius 2 is 2.19 bits per heavy atom. The van der Waals surface area contributed by atoms with Crippen molar-refractivity contribution in [3.63, 3.8) is 0 Å². The van der Waals surface area contributed by atoms with E-state index in [1.54, 1.807) is 13.1 Å². The number of anilines is 1. The van der Waals surface area contributed by atoms with Crippen molar-refractivity contribution in [1.82, 2.24) is 9.88 Å². The topological polar surface area (TPSA) is 98.0 Å². The first-order chi connectivity index (χ1) is 12.1. The van der Waals surface area contributed by atoms with E-state index in [1.807, 2.05) is 32.6 Å². The number of hydrogen-bond acceptors (Lipinski definition) is 7. The molecule has 0 aliphatic carbocycles. The molecule has 9 nitrogen and oxygen atoms in total. The lowest BCUT2D eigenvalue weighted by atomic mass is 10.1. The fourth-order valence-electron chi connectivity index (χ4n) is 2.62. The monoisotopic (exact) mass is 366 g/mol. The molecule has 2 rings (SSSR count). The number of carbonyl (C=O) groups excluding carboxylic acids is 1. The third-order valence-electron chi connectivity index (χ3n) is 4.21. The van der Waals surface area contributed by atoms with Gasteiger partial charge >= 0.3 is 11.9 Å². The molecule has 1 aromatic heterocycles. The van der Waals surface area contributed by atoms with Crippen LogP contribution in [0, 0.1) is 10.1 Å². The number of carbonyl (C=O) groups is 1.